The molecule has 0 aliphatic carbocycles. The molecule has 0 N–H and O–H groups in total. The maximum absolute atomic E-state index is 12.4. The minimum absolute atomic E-state index is 0.160. The summed E-state index contributed by atoms with van der Waals surface area (Å²) in [5.74, 6) is -1.15. The lowest BCUT2D eigenvalue weighted by Crippen LogP contribution is -2.45. The number of ether oxygens (including phenoxy) is 2. The number of hydrogen-bond acceptors (Lipinski definition) is 7. The van der Waals surface area contributed by atoms with Gasteiger partial charge in [-0.3, -0.25) is 9.59 Å². The van der Waals surface area contributed by atoms with Crippen LogP contribution in [0.25, 0.3) is 0 Å². The molecule has 0 radical (unpaired) electrons. The van der Waals surface area contributed by atoms with E-state index in [1.165, 1.54) is 17.5 Å². The fourth-order valence-electron chi connectivity index (χ4n) is 2.58. The lowest BCUT2D eigenvalue weighted by Gasteiger charge is -2.32. The molecule has 132 valence electrons. The van der Waals surface area contributed by atoms with Crippen molar-refractivity contribution in [3.63, 3.8) is 0 Å². The zero-order valence-corrected chi connectivity index (χ0v) is 14.9. The summed E-state index contributed by atoms with van der Waals surface area (Å²) >= 11 is 1.23. The molecule has 1 unspecified atom stereocenters. The molecule has 1 aliphatic rings. The Morgan fingerprint density at radius 1 is 1.38 bits per heavy atom. The van der Waals surface area contributed by atoms with Crippen molar-refractivity contribution in [3.05, 3.63) is 16.1 Å². The third-order valence-corrected chi connectivity index (χ3v) is 4.77. The highest BCUT2D eigenvalue weighted by atomic mass is 32.1. The van der Waals surface area contributed by atoms with Crippen molar-refractivity contribution in [3.8, 4) is 0 Å². The third kappa shape index (κ3) is 4.53. The topological polar surface area (TPSA) is 85.8 Å². The average molecular weight is 354 g/mol. The number of carbonyl (C=O) groups is 3. The van der Waals surface area contributed by atoms with Crippen LogP contribution in [-0.4, -0.2) is 53.5 Å². The number of thiazole rings is 1. The normalized spacial score (nSPS) is 16.5. The van der Waals surface area contributed by atoms with Crippen molar-refractivity contribution in [2.24, 2.45) is 5.92 Å². The van der Waals surface area contributed by atoms with Gasteiger partial charge in [0.1, 0.15) is 4.88 Å². The number of amides is 1. The van der Waals surface area contributed by atoms with E-state index in [1.54, 1.807) is 25.7 Å². The summed E-state index contributed by atoms with van der Waals surface area (Å²) in [6.45, 7) is 6.42. The number of nitrogens with zero attached hydrogens (tertiary/aromatic N) is 2. The van der Waals surface area contributed by atoms with Crippen LogP contribution in [0.2, 0.25) is 0 Å². The van der Waals surface area contributed by atoms with E-state index >= 15 is 0 Å². The second kappa shape index (κ2) is 8.23. The number of piperidine rings is 1. The molecule has 24 heavy (non-hydrogen) atoms. The molecule has 0 aromatic carbocycles. The monoisotopic (exact) mass is 354 g/mol. The van der Waals surface area contributed by atoms with Crippen LogP contribution in [0.3, 0.4) is 0 Å². The summed E-state index contributed by atoms with van der Waals surface area (Å²) in [7, 11) is 0. The van der Waals surface area contributed by atoms with Gasteiger partial charge in [-0.25, -0.2) is 9.78 Å². The molecule has 1 aromatic heterocycles. The molecule has 0 saturated carbocycles. The Hall–Kier alpha value is -1.96. The van der Waals surface area contributed by atoms with Crippen LogP contribution in [0.1, 0.15) is 41.4 Å². The molecular weight excluding hydrogens is 332 g/mol. The van der Waals surface area contributed by atoms with Crippen molar-refractivity contribution < 1.29 is 23.9 Å². The van der Waals surface area contributed by atoms with Gasteiger partial charge < -0.3 is 14.4 Å². The smallest absolute Gasteiger partial charge is 0.350 e. The van der Waals surface area contributed by atoms with E-state index in [0.29, 0.717) is 37.4 Å². The average Bonchev–Trinajstić information content (AvgIpc) is 3.01. The highest BCUT2D eigenvalue weighted by molar-refractivity contribution is 7.13. The molecule has 2 rings (SSSR count). The number of esters is 2. The zero-order chi connectivity index (χ0) is 17.7. The molecule has 2 heterocycles. The van der Waals surface area contributed by atoms with Gasteiger partial charge in [0.25, 0.3) is 5.91 Å². The SMILES string of the molecule is CCOC(=O)C1CCN(C(=O)C(C)OC(=O)c2cnc(C)s2)CC1. The van der Waals surface area contributed by atoms with Crippen molar-refractivity contribution in [2.45, 2.75) is 39.7 Å². The molecule has 0 spiro atoms. The number of aromatic nitrogens is 1. The number of hydrogen-bond donors (Lipinski definition) is 0. The number of likely N-dealkylation sites (tertiary alicyclic amines) is 1. The van der Waals surface area contributed by atoms with Crippen molar-refractivity contribution in [1.82, 2.24) is 9.88 Å². The Balaban J connectivity index is 1.83. The third-order valence-electron chi connectivity index (χ3n) is 3.88. The van der Waals surface area contributed by atoms with Crippen LogP contribution in [0.4, 0.5) is 0 Å². The van der Waals surface area contributed by atoms with Crippen molar-refractivity contribution in [2.75, 3.05) is 19.7 Å². The van der Waals surface area contributed by atoms with Gasteiger partial charge in [0.2, 0.25) is 0 Å². The highest BCUT2D eigenvalue weighted by Crippen LogP contribution is 2.20. The molecule has 1 fully saturated rings. The van der Waals surface area contributed by atoms with E-state index in [9.17, 15) is 14.4 Å². The Kier molecular flexibility index (Phi) is 6.30. The van der Waals surface area contributed by atoms with E-state index < -0.39 is 12.1 Å². The van der Waals surface area contributed by atoms with E-state index in [4.69, 9.17) is 9.47 Å². The molecule has 1 atom stereocenters. The van der Waals surface area contributed by atoms with Gasteiger partial charge in [-0.1, -0.05) is 0 Å². The summed E-state index contributed by atoms with van der Waals surface area (Å²) in [5, 5.41) is 0.766. The van der Waals surface area contributed by atoms with E-state index in [-0.39, 0.29) is 17.8 Å². The maximum Gasteiger partial charge on any atom is 0.350 e. The first-order valence-corrected chi connectivity index (χ1v) is 8.82. The number of carbonyl (C=O) groups excluding carboxylic acids is 3. The van der Waals surface area contributed by atoms with Gasteiger partial charge in [0.05, 0.1) is 23.7 Å². The summed E-state index contributed by atoms with van der Waals surface area (Å²) in [4.78, 5) is 42.1. The molecule has 1 saturated heterocycles. The van der Waals surface area contributed by atoms with Crippen LogP contribution in [0, 0.1) is 12.8 Å². The molecule has 0 bridgehead atoms. The lowest BCUT2D eigenvalue weighted by molar-refractivity contribution is -0.152. The molecule has 7 nitrogen and oxygen atoms in total. The molecule has 1 amide bonds. The zero-order valence-electron chi connectivity index (χ0n) is 14.1. The first kappa shape index (κ1) is 18.4. The van der Waals surface area contributed by atoms with Gasteiger partial charge in [0.15, 0.2) is 6.10 Å². The minimum atomic E-state index is -0.862. The van der Waals surface area contributed by atoms with Crippen LogP contribution in [0.5, 0.6) is 0 Å². The first-order chi connectivity index (χ1) is 11.4. The summed E-state index contributed by atoms with van der Waals surface area (Å²) in [6.07, 6.45) is 1.72. The van der Waals surface area contributed by atoms with Gasteiger partial charge >= 0.3 is 11.9 Å². The molecule has 1 aliphatic heterocycles. The first-order valence-electron chi connectivity index (χ1n) is 8.01. The van der Waals surface area contributed by atoms with Gasteiger partial charge in [0, 0.05) is 13.1 Å². The van der Waals surface area contributed by atoms with Crippen LogP contribution in [0.15, 0.2) is 6.20 Å². The Labute approximate surface area is 145 Å². The Morgan fingerprint density at radius 2 is 2.04 bits per heavy atom. The predicted octanol–water partition coefficient (Wildman–Crippen LogP) is 1.80. The second-order valence-electron chi connectivity index (χ2n) is 5.64. The largest absolute Gasteiger partial charge is 0.466 e. The summed E-state index contributed by atoms with van der Waals surface area (Å²) in [6, 6.07) is 0. The maximum atomic E-state index is 12.4. The van der Waals surface area contributed by atoms with Crippen LogP contribution >= 0.6 is 11.3 Å². The Bertz CT molecular complexity index is 607. The summed E-state index contributed by atoms with van der Waals surface area (Å²) in [5.41, 5.74) is 0. The fraction of sp³-hybridized carbons (Fsp3) is 0.625. The molecule has 1 aromatic rings. The van der Waals surface area contributed by atoms with Gasteiger partial charge in [-0.2, -0.15) is 0 Å². The minimum Gasteiger partial charge on any atom is -0.466 e. The van der Waals surface area contributed by atoms with Crippen molar-refractivity contribution in [1.29, 1.82) is 0 Å². The van der Waals surface area contributed by atoms with Crippen LogP contribution < -0.4 is 0 Å². The number of rotatable bonds is 5. The quantitative estimate of drug-likeness (QED) is 0.750. The standard InChI is InChI=1S/C16H22N2O5S/c1-4-22-15(20)12-5-7-18(8-6-12)14(19)10(2)23-16(21)13-9-17-11(3)24-13/h9-10,12H,4-8H2,1-3H3. The van der Waals surface area contributed by atoms with Gasteiger partial charge in [-0.05, 0) is 33.6 Å². The highest BCUT2D eigenvalue weighted by Gasteiger charge is 2.31. The van der Waals surface area contributed by atoms with Crippen molar-refractivity contribution >= 4 is 29.2 Å². The summed E-state index contributed by atoms with van der Waals surface area (Å²) < 4.78 is 10.2. The van der Waals surface area contributed by atoms with E-state index in [2.05, 4.69) is 4.98 Å². The van der Waals surface area contributed by atoms with E-state index in [0.717, 1.165) is 5.01 Å². The second-order valence-corrected chi connectivity index (χ2v) is 6.88. The van der Waals surface area contributed by atoms with Gasteiger partial charge in [-0.15, -0.1) is 11.3 Å². The predicted molar refractivity (Wildman–Crippen MR) is 87.7 cm³/mol. The van der Waals surface area contributed by atoms with E-state index in [1.807, 2.05) is 0 Å². The fourth-order valence-corrected chi connectivity index (χ4v) is 3.24. The number of aryl methyl sites for hydroxylation is 1. The van der Waals surface area contributed by atoms with Crippen LogP contribution in [-0.2, 0) is 19.1 Å². The lowest BCUT2D eigenvalue weighted by atomic mass is 9.97. The molecule has 8 heteroatoms. The molecular formula is C16H22N2O5S. The Morgan fingerprint density at radius 3 is 2.58 bits per heavy atom.